The molecule has 0 aliphatic heterocycles. The summed E-state index contributed by atoms with van der Waals surface area (Å²) in [4.78, 5) is 18.0. The largest absolute Gasteiger partial charge is 0.494 e. The number of nitrogens with two attached hydrogens (primary N) is 1. The van der Waals surface area contributed by atoms with Crippen molar-refractivity contribution in [2.75, 3.05) is 37.7 Å². The maximum Gasteiger partial charge on any atom is 0.244 e. The molecule has 0 radical (unpaired) electrons. The van der Waals surface area contributed by atoms with Crippen LogP contribution in [0, 0.1) is 5.92 Å². The fraction of sp³-hybridized carbons (Fsp3) is 0.457. The summed E-state index contributed by atoms with van der Waals surface area (Å²) in [6, 6.07) is 25.3. The molecule has 220 valence electrons. The van der Waals surface area contributed by atoms with E-state index in [0.717, 1.165) is 67.2 Å². The van der Waals surface area contributed by atoms with Crippen LogP contribution in [0.2, 0.25) is 0 Å². The third-order valence-electron chi connectivity index (χ3n) is 8.06. The Labute approximate surface area is 246 Å². The molecular formula is C35H47N3O3. The van der Waals surface area contributed by atoms with Gasteiger partial charge in [0.15, 0.2) is 0 Å². The molecule has 3 aromatic carbocycles. The first-order chi connectivity index (χ1) is 20.1. The van der Waals surface area contributed by atoms with Crippen molar-refractivity contribution in [1.29, 1.82) is 0 Å². The molecule has 1 amide bonds. The number of ether oxygens (including phenoxy) is 2. The Morgan fingerprint density at radius 2 is 1.49 bits per heavy atom. The highest BCUT2D eigenvalue weighted by molar-refractivity contribution is 5.97. The summed E-state index contributed by atoms with van der Waals surface area (Å²) in [5, 5.41) is 0. The summed E-state index contributed by atoms with van der Waals surface area (Å²) < 4.78 is 11.9. The standard InChI is InChI=1S/C35H47N3O3/c1-3-37(4-2)23-10-24-40-32-21-17-31(18-22-32)38(26-29-11-8-9-12-29)35(39)34(36)25-28-15-19-33(20-16-28)41-27-30-13-6-5-7-14-30/h5-7,13-22,29,34H,3-4,8-12,23-27,36H2,1-2H3/t34-/m1/s1. The second-order valence-electron chi connectivity index (χ2n) is 11.1. The molecule has 6 heteroatoms. The lowest BCUT2D eigenvalue weighted by molar-refractivity contribution is -0.120. The Morgan fingerprint density at radius 1 is 0.854 bits per heavy atom. The summed E-state index contributed by atoms with van der Waals surface area (Å²) >= 11 is 0. The number of anilines is 1. The van der Waals surface area contributed by atoms with Gasteiger partial charge >= 0.3 is 0 Å². The van der Waals surface area contributed by atoms with Crippen LogP contribution < -0.4 is 20.1 Å². The Balaban J connectivity index is 1.34. The zero-order valence-electron chi connectivity index (χ0n) is 24.8. The topological polar surface area (TPSA) is 68.0 Å². The number of amides is 1. The second-order valence-corrected chi connectivity index (χ2v) is 11.1. The molecule has 0 saturated heterocycles. The number of hydrogen-bond donors (Lipinski definition) is 1. The maximum atomic E-state index is 13.7. The summed E-state index contributed by atoms with van der Waals surface area (Å²) in [6.07, 6.45) is 6.27. The van der Waals surface area contributed by atoms with Crippen molar-refractivity contribution in [2.45, 2.75) is 65.0 Å². The van der Waals surface area contributed by atoms with E-state index in [1.54, 1.807) is 0 Å². The van der Waals surface area contributed by atoms with Crippen LogP contribution in [0.15, 0.2) is 78.9 Å². The van der Waals surface area contributed by atoms with Crippen LogP contribution in [0.1, 0.15) is 57.1 Å². The van der Waals surface area contributed by atoms with E-state index < -0.39 is 6.04 Å². The highest BCUT2D eigenvalue weighted by Crippen LogP contribution is 2.29. The molecule has 0 bridgehead atoms. The lowest BCUT2D eigenvalue weighted by Gasteiger charge is -2.28. The van der Waals surface area contributed by atoms with Gasteiger partial charge < -0.3 is 25.0 Å². The first-order valence-electron chi connectivity index (χ1n) is 15.3. The van der Waals surface area contributed by atoms with Crippen LogP contribution in [0.3, 0.4) is 0 Å². The van der Waals surface area contributed by atoms with Gasteiger partial charge in [0.05, 0.1) is 12.6 Å². The van der Waals surface area contributed by atoms with E-state index in [4.69, 9.17) is 15.2 Å². The summed E-state index contributed by atoms with van der Waals surface area (Å²) in [7, 11) is 0. The van der Waals surface area contributed by atoms with Gasteiger partial charge in [0, 0.05) is 18.8 Å². The minimum Gasteiger partial charge on any atom is -0.494 e. The van der Waals surface area contributed by atoms with Crippen LogP contribution in [0.5, 0.6) is 11.5 Å². The molecule has 1 saturated carbocycles. The lowest BCUT2D eigenvalue weighted by Crippen LogP contribution is -2.46. The van der Waals surface area contributed by atoms with Crippen molar-refractivity contribution in [3.8, 4) is 11.5 Å². The van der Waals surface area contributed by atoms with Gasteiger partial charge in [0.1, 0.15) is 18.1 Å². The van der Waals surface area contributed by atoms with Gasteiger partial charge in [-0.05, 0) is 92.2 Å². The molecule has 0 aromatic heterocycles. The first kappa shape index (κ1) is 30.6. The van der Waals surface area contributed by atoms with Crippen molar-refractivity contribution in [3.05, 3.63) is 90.0 Å². The van der Waals surface area contributed by atoms with Gasteiger partial charge in [0.25, 0.3) is 0 Å². The Morgan fingerprint density at radius 3 is 2.15 bits per heavy atom. The Kier molecular flexibility index (Phi) is 12.1. The van der Waals surface area contributed by atoms with E-state index in [1.807, 2.05) is 83.8 Å². The summed E-state index contributed by atoms with van der Waals surface area (Å²) in [6.45, 7) is 9.45. The number of carbonyl (C=O) groups is 1. The molecule has 0 heterocycles. The molecule has 1 aliphatic rings. The van der Waals surface area contributed by atoms with Gasteiger partial charge in [-0.15, -0.1) is 0 Å². The zero-order valence-corrected chi connectivity index (χ0v) is 24.8. The van der Waals surface area contributed by atoms with E-state index >= 15 is 0 Å². The van der Waals surface area contributed by atoms with Gasteiger partial charge in [-0.3, -0.25) is 4.79 Å². The molecular weight excluding hydrogens is 510 g/mol. The SMILES string of the molecule is CCN(CC)CCCOc1ccc(N(CC2CCCC2)C(=O)[C@H](N)Cc2ccc(OCc3ccccc3)cc2)cc1. The van der Waals surface area contributed by atoms with Gasteiger partial charge in [0.2, 0.25) is 5.91 Å². The minimum atomic E-state index is -0.622. The Hall–Kier alpha value is -3.35. The molecule has 0 unspecified atom stereocenters. The zero-order chi connectivity index (χ0) is 28.9. The predicted octanol–water partition coefficient (Wildman–Crippen LogP) is 6.47. The van der Waals surface area contributed by atoms with Crippen molar-refractivity contribution in [1.82, 2.24) is 4.90 Å². The summed E-state index contributed by atoms with van der Waals surface area (Å²) in [5.74, 6) is 2.12. The minimum absolute atomic E-state index is 0.0332. The van der Waals surface area contributed by atoms with Crippen molar-refractivity contribution in [3.63, 3.8) is 0 Å². The molecule has 0 spiro atoms. The van der Waals surface area contributed by atoms with Crippen LogP contribution in [-0.4, -0.2) is 49.6 Å². The normalized spacial score (nSPS) is 14.2. The van der Waals surface area contributed by atoms with Crippen molar-refractivity contribution >= 4 is 11.6 Å². The quantitative estimate of drug-likeness (QED) is 0.205. The van der Waals surface area contributed by atoms with Crippen LogP contribution in [0.4, 0.5) is 5.69 Å². The number of nitrogens with zero attached hydrogens (tertiary/aromatic N) is 2. The number of benzene rings is 3. The fourth-order valence-corrected chi connectivity index (χ4v) is 5.52. The third-order valence-corrected chi connectivity index (χ3v) is 8.06. The molecule has 1 aliphatic carbocycles. The molecule has 4 rings (SSSR count). The van der Waals surface area contributed by atoms with Crippen molar-refractivity contribution in [2.24, 2.45) is 11.7 Å². The highest BCUT2D eigenvalue weighted by Gasteiger charge is 2.27. The average Bonchev–Trinajstić information content (AvgIpc) is 3.54. The monoisotopic (exact) mass is 557 g/mol. The molecule has 1 fully saturated rings. The molecule has 2 N–H and O–H groups in total. The second kappa shape index (κ2) is 16.2. The van der Waals surface area contributed by atoms with Crippen molar-refractivity contribution < 1.29 is 14.3 Å². The fourth-order valence-electron chi connectivity index (χ4n) is 5.52. The van der Waals surface area contributed by atoms with Crippen LogP contribution >= 0.6 is 0 Å². The molecule has 1 atom stereocenters. The van der Waals surface area contributed by atoms with Gasteiger partial charge in [-0.1, -0.05) is 69.2 Å². The number of carbonyl (C=O) groups excluding carboxylic acids is 1. The molecule has 6 nitrogen and oxygen atoms in total. The summed E-state index contributed by atoms with van der Waals surface area (Å²) in [5.41, 5.74) is 9.57. The van der Waals surface area contributed by atoms with E-state index in [0.29, 0.717) is 32.1 Å². The smallest absolute Gasteiger partial charge is 0.244 e. The molecule has 3 aromatic rings. The van der Waals surface area contributed by atoms with Crippen LogP contribution in [0.25, 0.3) is 0 Å². The maximum absolute atomic E-state index is 13.7. The Bertz CT molecular complexity index is 1160. The van der Waals surface area contributed by atoms with E-state index in [9.17, 15) is 4.79 Å². The lowest BCUT2D eigenvalue weighted by atomic mass is 10.0. The van der Waals surface area contributed by atoms with Gasteiger partial charge in [-0.2, -0.15) is 0 Å². The van der Waals surface area contributed by atoms with E-state index in [2.05, 4.69) is 18.7 Å². The molecule has 41 heavy (non-hydrogen) atoms. The highest BCUT2D eigenvalue weighted by atomic mass is 16.5. The van der Waals surface area contributed by atoms with E-state index in [-0.39, 0.29) is 5.91 Å². The third kappa shape index (κ3) is 9.61. The van der Waals surface area contributed by atoms with Gasteiger partial charge in [-0.25, -0.2) is 0 Å². The predicted molar refractivity (Wildman–Crippen MR) is 168 cm³/mol. The first-order valence-corrected chi connectivity index (χ1v) is 15.3. The van der Waals surface area contributed by atoms with E-state index in [1.165, 1.54) is 12.8 Å². The average molecular weight is 558 g/mol. The number of rotatable bonds is 16. The van der Waals surface area contributed by atoms with Crippen LogP contribution in [-0.2, 0) is 17.8 Å². The number of hydrogen-bond acceptors (Lipinski definition) is 5.